The summed E-state index contributed by atoms with van der Waals surface area (Å²) >= 11 is 0. The standard InChI is InChI=1S/C10H9N3O2/c11-12-7-6-9(14)13(10(12)15)8-4-2-1-3-5-8/h1-7H,11H2. The summed E-state index contributed by atoms with van der Waals surface area (Å²) in [5.41, 5.74) is -0.450. The SMILES string of the molecule is Nn1ccc(=O)n(-c2ccccc2)c1=O. The zero-order valence-electron chi connectivity index (χ0n) is 7.83. The second-order valence-electron chi connectivity index (χ2n) is 3.01. The van der Waals surface area contributed by atoms with Crippen molar-refractivity contribution >= 4 is 0 Å². The fourth-order valence-electron chi connectivity index (χ4n) is 1.31. The van der Waals surface area contributed by atoms with Crippen LogP contribution in [-0.4, -0.2) is 9.24 Å². The van der Waals surface area contributed by atoms with Crippen LogP contribution in [-0.2, 0) is 0 Å². The normalized spacial score (nSPS) is 10.1. The van der Waals surface area contributed by atoms with Crippen LogP contribution in [0.3, 0.4) is 0 Å². The van der Waals surface area contributed by atoms with Crippen molar-refractivity contribution < 1.29 is 0 Å². The molecule has 2 N–H and O–H groups in total. The number of hydrogen-bond donors (Lipinski definition) is 1. The van der Waals surface area contributed by atoms with E-state index in [9.17, 15) is 9.59 Å². The minimum Gasteiger partial charge on any atom is -0.335 e. The zero-order chi connectivity index (χ0) is 10.8. The van der Waals surface area contributed by atoms with E-state index in [-0.39, 0.29) is 0 Å². The van der Waals surface area contributed by atoms with Crippen LogP contribution in [0.1, 0.15) is 0 Å². The summed E-state index contributed by atoms with van der Waals surface area (Å²) in [6.07, 6.45) is 1.24. The smallest absolute Gasteiger partial charge is 0.335 e. The number of nitrogen functional groups attached to an aromatic ring is 1. The minimum atomic E-state index is -0.561. The van der Waals surface area contributed by atoms with Gasteiger partial charge in [0.25, 0.3) is 5.56 Å². The molecular formula is C10H9N3O2. The van der Waals surface area contributed by atoms with Crippen molar-refractivity contribution in [2.24, 2.45) is 0 Å². The summed E-state index contributed by atoms with van der Waals surface area (Å²) in [5.74, 6) is 5.37. The second kappa shape index (κ2) is 3.45. The van der Waals surface area contributed by atoms with Gasteiger partial charge in [-0.15, -0.1) is 0 Å². The highest BCUT2D eigenvalue weighted by molar-refractivity contribution is 5.30. The lowest BCUT2D eigenvalue weighted by Crippen LogP contribution is -2.40. The first kappa shape index (κ1) is 9.26. The molecule has 0 unspecified atom stereocenters. The molecule has 5 heteroatoms. The van der Waals surface area contributed by atoms with E-state index in [0.717, 1.165) is 9.24 Å². The van der Waals surface area contributed by atoms with Crippen LogP contribution in [0.5, 0.6) is 0 Å². The third kappa shape index (κ3) is 1.54. The highest BCUT2D eigenvalue weighted by Gasteiger charge is 2.04. The van der Waals surface area contributed by atoms with Gasteiger partial charge in [0.1, 0.15) is 0 Å². The van der Waals surface area contributed by atoms with Gasteiger partial charge in [0, 0.05) is 12.3 Å². The molecule has 15 heavy (non-hydrogen) atoms. The van der Waals surface area contributed by atoms with E-state index in [2.05, 4.69) is 0 Å². The van der Waals surface area contributed by atoms with Crippen LogP contribution in [0, 0.1) is 0 Å². The number of benzene rings is 1. The molecule has 2 aromatic rings. The van der Waals surface area contributed by atoms with Crippen LogP contribution < -0.4 is 17.1 Å². The Labute approximate surface area is 85.0 Å². The molecule has 76 valence electrons. The molecule has 5 nitrogen and oxygen atoms in total. The summed E-state index contributed by atoms with van der Waals surface area (Å²) in [7, 11) is 0. The van der Waals surface area contributed by atoms with Crippen molar-refractivity contribution in [1.29, 1.82) is 0 Å². The predicted octanol–water partition coefficient (Wildman–Crippen LogP) is -0.287. The number of para-hydroxylation sites is 1. The van der Waals surface area contributed by atoms with Gasteiger partial charge in [0.2, 0.25) is 0 Å². The van der Waals surface area contributed by atoms with Crippen LogP contribution in [0.2, 0.25) is 0 Å². The number of nitrogens with zero attached hydrogens (tertiary/aromatic N) is 2. The van der Waals surface area contributed by atoms with Gasteiger partial charge in [-0.05, 0) is 12.1 Å². The number of aromatic nitrogens is 2. The molecule has 0 fully saturated rings. The average Bonchev–Trinajstić information content (AvgIpc) is 2.26. The molecule has 0 bridgehead atoms. The first-order valence-corrected chi connectivity index (χ1v) is 4.35. The predicted molar refractivity (Wildman–Crippen MR) is 56.4 cm³/mol. The van der Waals surface area contributed by atoms with Gasteiger partial charge in [-0.1, -0.05) is 18.2 Å². The first-order valence-electron chi connectivity index (χ1n) is 4.35. The van der Waals surface area contributed by atoms with Gasteiger partial charge in [-0.3, -0.25) is 4.79 Å². The van der Waals surface area contributed by atoms with E-state index in [1.807, 2.05) is 0 Å². The molecule has 0 saturated heterocycles. The van der Waals surface area contributed by atoms with Crippen molar-refractivity contribution in [1.82, 2.24) is 9.24 Å². The van der Waals surface area contributed by atoms with Gasteiger partial charge in [-0.2, -0.15) is 0 Å². The Balaban J connectivity index is 2.80. The van der Waals surface area contributed by atoms with E-state index in [0.29, 0.717) is 5.69 Å². The molecule has 1 aromatic carbocycles. The van der Waals surface area contributed by atoms with Crippen LogP contribution in [0.4, 0.5) is 0 Å². The molecule has 0 aliphatic rings. The Hall–Kier alpha value is -2.30. The van der Waals surface area contributed by atoms with Crippen LogP contribution >= 0.6 is 0 Å². The van der Waals surface area contributed by atoms with E-state index < -0.39 is 11.2 Å². The van der Waals surface area contributed by atoms with Crippen molar-refractivity contribution in [3.63, 3.8) is 0 Å². The summed E-state index contributed by atoms with van der Waals surface area (Å²) in [5, 5.41) is 0. The molecule has 0 atom stereocenters. The third-order valence-electron chi connectivity index (χ3n) is 2.02. The number of hydrogen-bond acceptors (Lipinski definition) is 3. The molecule has 0 radical (unpaired) electrons. The zero-order valence-corrected chi connectivity index (χ0v) is 7.83. The van der Waals surface area contributed by atoms with Crippen LogP contribution in [0.15, 0.2) is 52.2 Å². The molecular weight excluding hydrogens is 194 g/mol. The molecule has 2 rings (SSSR count). The molecule has 0 amide bonds. The van der Waals surface area contributed by atoms with Gasteiger partial charge in [0.05, 0.1) is 5.69 Å². The topological polar surface area (TPSA) is 70.0 Å². The second-order valence-corrected chi connectivity index (χ2v) is 3.01. The van der Waals surface area contributed by atoms with Crippen molar-refractivity contribution in [3.05, 3.63) is 63.4 Å². The number of rotatable bonds is 1. The molecule has 0 spiro atoms. The summed E-state index contributed by atoms with van der Waals surface area (Å²) in [6.45, 7) is 0. The summed E-state index contributed by atoms with van der Waals surface area (Å²) < 4.78 is 1.88. The molecule has 0 saturated carbocycles. The van der Waals surface area contributed by atoms with Crippen LogP contribution in [0.25, 0.3) is 5.69 Å². The molecule has 0 aliphatic heterocycles. The maximum absolute atomic E-state index is 11.6. The fraction of sp³-hybridized carbons (Fsp3) is 0. The summed E-state index contributed by atoms with van der Waals surface area (Å²) in [4.78, 5) is 23.1. The Morgan fingerprint density at radius 1 is 1.00 bits per heavy atom. The van der Waals surface area contributed by atoms with E-state index in [1.165, 1.54) is 12.3 Å². The Morgan fingerprint density at radius 3 is 2.33 bits per heavy atom. The quantitative estimate of drug-likeness (QED) is 0.647. The maximum atomic E-state index is 11.6. The minimum absolute atomic E-state index is 0.395. The molecule has 0 aliphatic carbocycles. The molecule has 1 aromatic heterocycles. The van der Waals surface area contributed by atoms with Gasteiger partial charge >= 0.3 is 5.69 Å². The van der Waals surface area contributed by atoms with E-state index >= 15 is 0 Å². The number of nitrogens with two attached hydrogens (primary N) is 1. The van der Waals surface area contributed by atoms with Gasteiger partial charge in [0.15, 0.2) is 0 Å². The van der Waals surface area contributed by atoms with Crippen molar-refractivity contribution in [2.45, 2.75) is 0 Å². The monoisotopic (exact) mass is 203 g/mol. The fourth-order valence-corrected chi connectivity index (χ4v) is 1.31. The lowest BCUT2D eigenvalue weighted by atomic mass is 10.3. The lowest BCUT2D eigenvalue weighted by molar-refractivity contribution is 0.776. The van der Waals surface area contributed by atoms with E-state index in [1.54, 1.807) is 30.3 Å². The van der Waals surface area contributed by atoms with Crippen molar-refractivity contribution in [2.75, 3.05) is 5.84 Å². The maximum Gasteiger partial charge on any atom is 0.353 e. The first-order chi connectivity index (χ1) is 7.20. The largest absolute Gasteiger partial charge is 0.353 e. The highest BCUT2D eigenvalue weighted by Crippen LogP contribution is 1.99. The van der Waals surface area contributed by atoms with Gasteiger partial charge < -0.3 is 5.84 Å². The van der Waals surface area contributed by atoms with E-state index in [4.69, 9.17) is 5.84 Å². The Morgan fingerprint density at radius 2 is 1.67 bits per heavy atom. The van der Waals surface area contributed by atoms with Gasteiger partial charge in [-0.25, -0.2) is 14.0 Å². The highest BCUT2D eigenvalue weighted by atomic mass is 16.2. The Kier molecular flexibility index (Phi) is 2.13. The average molecular weight is 203 g/mol. The Bertz CT molecular complexity index is 584. The third-order valence-corrected chi connectivity index (χ3v) is 2.02. The van der Waals surface area contributed by atoms with Crippen molar-refractivity contribution in [3.8, 4) is 5.69 Å². The lowest BCUT2D eigenvalue weighted by Gasteiger charge is -2.05. The summed E-state index contributed by atoms with van der Waals surface area (Å²) in [6, 6.07) is 9.88. The molecule has 1 heterocycles.